The van der Waals surface area contributed by atoms with E-state index in [2.05, 4.69) is 22.2 Å². The van der Waals surface area contributed by atoms with Crippen LogP contribution in [0.15, 0.2) is 0 Å². The van der Waals surface area contributed by atoms with Gasteiger partial charge in [0, 0.05) is 6.54 Å². The Morgan fingerprint density at radius 2 is 2.00 bits per heavy atom. The Morgan fingerprint density at radius 3 is 2.60 bits per heavy atom. The molecule has 7 nitrogen and oxygen atoms in total. The van der Waals surface area contributed by atoms with Crippen molar-refractivity contribution in [2.45, 2.75) is 46.5 Å². The van der Waals surface area contributed by atoms with Gasteiger partial charge >= 0.3 is 5.69 Å². The van der Waals surface area contributed by atoms with Gasteiger partial charge in [0.25, 0.3) is 5.88 Å². The van der Waals surface area contributed by atoms with E-state index >= 15 is 0 Å². The number of hydrogen-bond donors (Lipinski definition) is 1. The van der Waals surface area contributed by atoms with Crippen molar-refractivity contribution in [1.29, 1.82) is 0 Å². The molecule has 0 unspecified atom stereocenters. The molecular formula is C13H22N4O3. The number of nitrogens with one attached hydrogen (secondary N) is 1. The lowest BCUT2D eigenvalue weighted by molar-refractivity contribution is -0.387. The Hall–Kier alpha value is -1.92. The molecule has 0 saturated heterocycles. The number of rotatable bonds is 9. The molecule has 1 heterocycles. The third kappa shape index (κ3) is 4.64. The smallest absolute Gasteiger partial charge is 0.352 e. The predicted octanol–water partition coefficient (Wildman–Crippen LogP) is 3.08. The van der Waals surface area contributed by atoms with Crippen LogP contribution in [0.3, 0.4) is 0 Å². The van der Waals surface area contributed by atoms with Gasteiger partial charge in [0.15, 0.2) is 0 Å². The lowest BCUT2D eigenvalue weighted by Gasteiger charge is -2.09. The topological polar surface area (TPSA) is 90.2 Å². The zero-order valence-electron chi connectivity index (χ0n) is 12.3. The van der Waals surface area contributed by atoms with E-state index in [0.29, 0.717) is 24.8 Å². The predicted molar refractivity (Wildman–Crippen MR) is 77.2 cm³/mol. The zero-order chi connectivity index (χ0) is 15.0. The third-order valence-electron chi connectivity index (χ3n) is 2.78. The number of nitrogens with zero attached hydrogens (tertiary/aromatic N) is 3. The first-order valence-corrected chi connectivity index (χ1v) is 6.99. The third-order valence-corrected chi connectivity index (χ3v) is 2.78. The Bertz CT molecular complexity index is 451. The van der Waals surface area contributed by atoms with E-state index in [1.54, 1.807) is 6.92 Å². The van der Waals surface area contributed by atoms with Gasteiger partial charge in [-0.15, -0.1) is 0 Å². The van der Waals surface area contributed by atoms with Crippen molar-refractivity contribution in [2.75, 3.05) is 18.5 Å². The maximum Gasteiger partial charge on any atom is 0.352 e. The molecule has 112 valence electrons. The van der Waals surface area contributed by atoms with Gasteiger partial charge in [-0.3, -0.25) is 10.1 Å². The lowest BCUT2D eigenvalue weighted by atomic mass is 10.2. The van der Waals surface area contributed by atoms with Gasteiger partial charge in [-0.05, 0) is 20.3 Å². The van der Waals surface area contributed by atoms with E-state index < -0.39 is 4.92 Å². The molecule has 1 aromatic heterocycles. The molecule has 0 radical (unpaired) electrons. The first kappa shape index (κ1) is 16.1. The summed E-state index contributed by atoms with van der Waals surface area (Å²) < 4.78 is 5.48. The molecule has 20 heavy (non-hydrogen) atoms. The molecule has 1 N–H and O–H groups in total. The highest BCUT2D eigenvalue weighted by Gasteiger charge is 2.23. The van der Waals surface area contributed by atoms with Crippen LogP contribution in [0.4, 0.5) is 11.6 Å². The summed E-state index contributed by atoms with van der Waals surface area (Å²) in [5.74, 6) is 0.411. The fraction of sp³-hybridized carbons (Fsp3) is 0.692. The molecule has 0 fully saturated rings. The quantitative estimate of drug-likeness (QED) is 0.425. The van der Waals surface area contributed by atoms with Crippen LogP contribution in [0, 0.1) is 17.0 Å². The number of aryl methyl sites for hydroxylation is 1. The monoisotopic (exact) mass is 282 g/mol. The summed E-state index contributed by atoms with van der Waals surface area (Å²) in [4.78, 5) is 18.7. The number of unbranched alkanes of at least 4 members (excludes halogenated alkanes) is 3. The van der Waals surface area contributed by atoms with E-state index in [9.17, 15) is 10.1 Å². The molecule has 1 aromatic rings. The second kappa shape index (κ2) is 8.29. The Labute approximate surface area is 118 Å². The van der Waals surface area contributed by atoms with E-state index in [-0.39, 0.29) is 11.6 Å². The average Bonchev–Trinajstić information content (AvgIpc) is 2.38. The van der Waals surface area contributed by atoms with Crippen LogP contribution in [-0.2, 0) is 0 Å². The standard InChI is InChI=1S/C13H22N4O3/c1-4-6-7-8-9-20-12-11(17(18)19)10(3)15-13(16-12)14-5-2/h4-9H2,1-3H3,(H,14,15,16). The summed E-state index contributed by atoms with van der Waals surface area (Å²) in [6.07, 6.45) is 4.19. The van der Waals surface area contributed by atoms with Crippen LogP contribution in [0.5, 0.6) is 5.88 Å². The second-order valence-corrected chi connectivity index (χ2v) is 4.48. The zero-order valence-corrected chi connectivity index (χ0v) is 12.3. The molecule has 0 spiro atoms. The molecule has 1 rings (SSSR count). The summed E-state index contributed by atoms with van der Waals surface area (Å²) >= 11 is 0. The fourth-order valence-corrected chi connectivity index (χ4v) is 1.79. The Morgan fingerprint density at radius 1 is 1.25 bits per heavy atom. The summed E-state index contributed by atoms with van der Waals surface area (Å²) in [5.41, 5.74) is 0.159. The van der Waals surface area contributed by atoms with E-state index in [1.165, 1.54) is 0 Å². The van der Waals surface area contributed by atoms with Crippen molar-refractivity contribution < 1.29 is 9.66 Å². The van der Waals surface area contributed by atoms with Crippen molar-refractivity contribution in [3.8, 4) is 5.88 Å². The van der Waals surface area contributed by atoms with Crippen molar-refractivity contribution in [2.24, 2.45) is 0 Å². The summed E-state index contributed by atoms with van der Waals surface area (Å²) in [7, 11) is 0. The van der Waals surface area contributed by atoms with Gasteiger partial charge in [0.05, 0.1) is 11.5 Å². The van der Waals surface area contributed by atoms with Gasteiger partial charge in [0.2, 0.25) is 5.95 Å². The normalized spacial score (nSPS) is 10.3. The van der Waals surface area contributed by atoms with Gasteiger partial charge in [0.1, 0.15) is 5.69 Å². The number of anilines is 1. The van der Waals surface area contributed by atoms with Gasteiger partial charge < -0.3 is 10.1 Å². The highest BCUT2D eigenvalue weighted by molar-refractivity contribution is 5.48. The average molecular weight is 282 g/mol. The van der Waals surface area contributed by atoms with Crippen molar-refractivity contribution in [3.63, 3.8) is 0 Å². The SMILES string of the molecule is CCCCCCOc1nc(NCC)nc(C)c1[N+](=O)[O-]. The largest absolute Gasteiger partial charge is 0.473 e. The molecule has 7 heteroatoms. The van der Waals surface area contributed by atoms with Crippen molar-refractivity contribution in [1.82, 2.24) is 9.97 Å². The number of aromatic nitrogens is 2. The second-order valence-electron chi connectivity index (χ2n) is 4.48. The molecule has 0 atom stereocenters. The summed E-state index contributed by atoms with van der Waals surface area (Å²) in [6.45, 7) is 6.70. The Balaban J connectivity index is 2.81. The van der Waals surface area contributed by atoms with Crippen LogP contribution in [-0.4, -0.2) is 28.0 Å². The molecular weight excluding hydrogens is 260 g/mol. The molecule has 0 bridgehead atoms. The van der Waals surface area contributed by atoms with Gasteiger partial charge in [-0.2, -0.15) is 4.98 Å². The minimum atomic E-state index is -0.494. The van der Waals surface area contributed by atoms with Gasteiger partial charge in [-0.1, -0.05) is 26.2 Å². The van der Waals surface area contributed by atoms with Crippen LogP contribution in [0.25, 0.3) is 0 Å². The van der Waals surface area contributed by atoms with Gasteiger partial charge in [-0.25, -0.2) is 4.98 Å². The van der Waals surface area contributed by atoms with Crippen molar-refractivity contribution >= 4 is 11.6 Å². The minimum absolute atomic E-state index is 0.0509. The number of nitro groups is 1. The summed E-state index contributed by atoms with van der Waals surface area (Å²) in [6, 6.07) is 0. The van der Waals surface area contributed by atoms with Crippen LogP contribution in [0.2, 0.25) is 0 Å². The van der Waals surface area contributed by atoms with E-state index in [4.69, 9.17) is 4.74 Å². The molecule has 0 aromatic carbocycles. The molecule has 0 saturated carbocycles. The minimum Gasteiger partial charge on any atom is -0.473 e. The first-order valence-electron chi connectivity index (χ1n) is 6.99. The molecule has 0 aliphatic carbocycles. The Kier molecular flexibility index (Phi) is 6.69. The van der Waals surface area contributed by atoms with Crippen LogP contribution < -0.4 is 10.1 Å². The fourth-order valence-electron chi connectivity index (χ4n) is 1.79. The maximum absolute atomic E-state index is 11.1. The van der Waals surface area contributed by atoms with Crippen LogP contribution in [0.1, 0.15) is 45.2 Å². The molecule has 0 aliphatic heterocycles. The molecule has 0 aliphatic rings. The number of ether oxygens (including phenoxy) is 1. The first-order chi connectivity index (χ1) is 9.60. The molecule has 0 amide bonds. The van der Waals surface area contributed by atoms with Crippen LogP contribution >= 0.6 is 0 Å². The highest BCUT2D eigenvalue weighted by Crippen LogP contribution is 2.28. The van der Waals surface area contributed by atoms with Crippen molar-refractivity contribution in [3.05, 3.63) is 15.8 Å². The lowest BCUT2D eigenvalue weighted by Crippen LogP contribution is -2.09. The maximum atomic E-state index is 11.1. The summed E-state index contributed by atoms with van der Waals surface area (Å²) in [5, 5.41) is 14.0. The number of hydrogen-bond acceptors (Lipinski definition) is 6. The van der Waals surface area contributed by atoms with E-state index in [1.807, 2.05) is 6.92 Å². The van der Waals surface area contributed by atoms with E-state index in [0.717, 1.165) is 25.7 Å². The highest BCUT2D eigenvalue weighted by atomic mass is 16.6.